The monoisotopic (exact) mass is 226 g/mol. The van der Waals surface area contributed by atoms with Gasteiger partial charge >= 0.3 is 0 Å². The second kappa shape index (κ2) is 6.86. The summed E-state index contributed by atoms with van der Waals surface area (Å²) in [6.45, 7) is 4.85. The van der Waals surface area contributed by atoms with Crippen LogP contribution in [0.4, 0.5) is 0 Å². The molecule has 0 unspecified atom stereocenters. The van der Waals surface area contributed by atoms with Crippen molar-refractivity contribution in [2.45, 2.75) is 58.2 Å². The number of hydrogen-bond donors (Lipinski definition) is 4. The summed E-state index contributed by atoms with van der Waals surface area (Å²) in [7, 11) is 0. The summed E-state index contributed by atoms with van der Waals surface area (Å²) in [5.41, 5.74) is 5.92. The Morgan fingerprint density at radius 3 is 2.56 bits per heavy atom. The van der Waals surface area contributed by atoms with Crippen molar-refractivity contribution in [3.05, 3.63) is 0 Å². The second-order valence-corrected chi connectivity index (χ2v) is 5.00. The summed E-state index contributed by atoms with van der Waals surface area (Å²) in [5.74, 6) is 1.25. The van der Waals surface area contributed by atoms with Gasteiger partial charge in [-0.1, -0.05) is 19.3 Å². The molecule has 0 aromatic rings. The number of nitrogens with two attached hydrogens (primary N) is 1. The quantitative estimate of drug-likeness (QED) is 0.325. The Labute approximate surface area is 98.9 Å². The highest BCUT2D eigenvalue weighted by Gasteiger charge is 2.16. The molecule has 0 bridgehead atoms. The third-order valence-corrected chi connectivity index (χ3v) is 3.38. The van der Waals surface area contributed by atoms with Crippen LogP contribution < -0.4 is 16.4 Å². The average molecular weight is 226 g/mol. The van der Waals surface area contributed by atoms with E-state index >= 15 is 0 Å². The van der Waals surface area contributed by atoms with E-state index in [1.807, 2.05) is 0 Å². The minimum absolute atomic E-state index is 0.166. The van der Waals surface area contributed by atoms with Crippen molar-refractivity contribution in [3.8, 4) is 0 Å². The van der Waals surface area contributed by atoms with Gasteiger partial charge in [0.25, 0.3) is 0 Å². The van der Waals surface area contributed by atoms with Crippen molar-refractivity contribution in [2.24, 2.45) is 11.7 Å². The minimum atomic E-state index is -0.166. The summed E-state index contributed by atoms with van der Waals surface area (Å²) in [6, 6.07) is 0.210. The van der Waals surface area contributed by atoms with Crippen LogP contribution in [0.1, 0.15) is 46.0 Å². The Balaban J connectivity index is 2.17. The molecule has 16 heavy (non-hydrogen) atoms. The van der Waals surface area contributed by atoms with Crippen molar-refractivity contribution in [3.63, 3.8) is 0 Å². The van der Waals surface area contributed by atoms with Gasteiger partial charge in [0.05, 0.1) is 12.0 Å². The average Bonchev–Trinajstić information content (AvgIpc) is 2.26. The molecule has 0 heterocycles. The standard InChI is InChI=1S/C12H26N4/c1-9(12(14)16-10(2)13)15-8-11-6-4-3-5-7-11/h9,11-12,15H,3-8,14H2,1-2H3,(H2,13,16)/t9-,12-/m1/s1. The molecule has 4 nitrogen and oxygen atoms in total. The number of hydrogen-bond acceptors (Lipinski definition) is 3. The first-order chi connectivity index (χ1) is 7.59. The molecule has 0 aliphatic heterocycles. The van der Waals surface area contributed by atoms with Gasteiger partial charge in [-0.2, -0.15) is 0 Å². The van der Waals surface area contributed by atoms with E-state index in [2.05, 4.69) is 17.6 Å². The van der Waals surface area contributed by atoms with Gasteiger partial charge in [0, 0.05) is 6.04 Å². The third-order valence-electron chi connectivity index (χ3n) is 3.38. The van der Waals surface area contributed by atoms with Crippen molar-refractivity contribution in [1.82, 2.24) is 10.6 Å². The highest BCUT2D eigenvalue weighted by atomic mass is 15.1. The molecular weight excluding hydrogens is 200 g/mol. The Hall–Kier alpha value is -0.610. The maximum Gasteiger partial charge on any atom is 0.0912 e. The summed E-state index contributed by atoms with van der Waals surface area (Å²) in [4.78, 5) is 0. The predicted octanol–water partition coefficient (Wildman–Crippen LogP) is 1.42. The lowest BCUT2D eigenvalue weighted by Crippen LogP contribution is -2.54. The Morgan fingerprint density at radius 2 is 2.00 bits per heavy atom. The van der Waals surface area contributed by atoms with Gasteiger partial charge in [-0.15, -0.1) is 0 Å². The second-order valence-electron chi connectivity index (χ2n) is 5.00. The van der Waals surface area contributed by atoms with E-state index in [1.165, 1.54) is 32.1 Å². The molecule has 5 N–H and O–H groups in total. The largest absolute Gasteiger partial charge is 0.358 e. The van der Waals surface area contributed by atoms with Gasteiger partial charge in [-0.3, -0.25) is 5.41 Å². The molecule has 0 aromatic heterocycles. The highest BCUT2D eigenvalue weighted by molar-refractivity contribution is 5.76. The van der Waals surface area contributed by atoms with Gasteiger partial charge in [-0.25, -0.2) is 0 Å². The maximum absolute atomic E-state index is 7.33. The van der Waals surface area contributed by atoms with E-state index in [0.29, 0.717) is 5.84 Å². The molecule has 1 aliphatic carbocycles. The number of amidine groups is 1. The van der Waals surface area contributed by atoms with Crippen LogP contribution >= 0.6 is 0 Å². The normalized spacial score (nSPS) is 21.4. The minimum Gasteiger partial charge on any atom is -0.358 e. The van der Waals surface area contributed by atoms with E-state index < -0.39 is 0 Å². The zero-order valence-electron chi connectivity index (χ0n) is 10.6. The molecule has 0 saturated heterocycles. The van der Waals surface area contributed by atoms with E-state index in [1.54, 1.807) is 6.92 Å². The van der Waals surface area contributed by atoms with E-state index in [9.17, 15) is 0 Å². The topological polar surface area (TPSA) is 73.9 Å². The number of nitrogens with one attached hydrogen (secondary N) is 3. The molecular formula is C12H26N4. The maximum atomic E-state index is 7.33. The van der Waals surface area contributed by atoms with Gasteiger partial charge in [-0.05, 0) is 39.2 Å². The molecule has 0 radical (unpaired) electrons. The molecule has 94 valence electrons. The van der Waals surface area contributed by atoms with Crippen LogP contribution in [0.25, 0.3) is 0 Å². The molecule has 1 fully saturated rings. The molecule has 2 atom stereocenters. The van der Waals surface area contributed by atoms with Crippen molar-refractivity contribution in [2.75, 3.05) is 6.54 Å². The zero-order chi connectivity index (χ0) is 12.0. The molecule has 0 aromatic carbocycles. The first kappa shape index (κ1) is 13.5. The zero-order valence-corrected chi connectivity index (χ0v) is 10.6. The van der Waals surface area contributed by atoms with Crippen LogP contribution in [0.2, 0.25) is 0 Å². The van der Waals surface area contributed by atoms with Crippen LogP contribution in [0.5, 0.6) is 0 Å². The van der Waals surface area contributed by atoms with Crippen molar-refractivity contribution >= 4 is 5.84 Å². The number of rotatable bonds is 5. The van der Waals surface area contributed by atoms with E-state index in [0.717, 1.165) is 12.5 Å². The first-order valence-corrected chi connectivity index (χ1v) is 6.40. The summed E-state index contributed by atoms with van der Waals surface area (Å²) in [6.07, 6.45) is 6.70. The van der Waals surface area contributed by atoms with Gasteiger partial charge in [0.15, 0.2) is 0 Å². The van der Waals surface area contributed by atoms with Gasteiger partial charge in [0.2, 0.25) is 0 Å². The van der Waals surface area contributed by atoms with Crippen molar-refractivity contribution in [1.29, 1.82) is 5.41 Å². The van der Waals surface area contributed by atoms with Crippen LogP contribution in [0.15, 0.2) is 0 Å². The van der Waals surface area contributed by atoms with E-state index in [-0.39, 0.29) is 12.2 Å². The predicted molar refractivity (Wildman–Crippen MR) is 68.6 cm³/mol. The summed E-state index contributed by atoms with van der Waals surface area (Å²) in [5, 5.41) is 13.7. The third kappa shape index (κ3) is 4.94. The van der Waals surface area contributed by atoms with E-state index in [4.69, 9.17) is 11.1 Å². The fraction of sp³-hybridized carbons (Fsp3) is 0.917. The lowest BCUT2D eigenvalue weighted by molar-refractivity contribution is 0.316. The molecule has 1 saturated carbocycles. The summed E-state index contributed by atoms with van der Waals surface area (Å²) < 4.78 is 0. The summed E-state index contributed by atoms with van der Waals surface area (Å²) >= 11 is 0. The van der Waals surface area contributed by atoms with Gasteiger partial charge in [0.1, 0.15) is 0 Å². The van der Waals surface area contributed by atoms with Crippen LogP contribution in [-0.4, -0.2) is 24.6 Å². The fourth-order valence-electron chi connectivity index (χ4n) is 2.25. The first-order valence-electron chi connectivity index (χ1n) is 6.40. The molecule has 0 amide bonds. The van der Waals surface area contributed by atoms with Crippen LogP contribution in [0, 0.1) is 11.3 Å². The Bertz CT molecular complexity index is 211. The Morgan fingerprint density at radius 1 is 1.38 bits per heavy atom. The lowest BCUT2D eigenvalue weighted by atomic mass is 9.89. The molecule has 1 aliphatic rings. The van der Waals surface area contributed by atoms with Crippen molar-refractivity contribution < 1.29 is 0 Å². The molecule has 1 rings (SSSR count). The fourth-order valence-corrected chi connectivity index (χ4v) is 2.25. The van der Waals surface area contributed by atoms with Crippen LogP contribution in [0.3, 0.4) is 0 Å². The SMILES string of the molecule is CC(=N)N[C@@H](N)[C@@H](C)NCC1CCCCC1. The molecule has 0 spiro atoms. The Kier molecular flexibility index (Phi) is 5.77. The van der Waals surface area contributed by atoms with Gasteiger partial charge < -0.3 is 16.4 Å². The van der Waals surface area contributed by atoms with Crippen LogP contribution in [-0.2, 0) is 0 Å². The lowest BCUT2D eigenvalue weighted by Gasteiger charge is -2.27. The molecule has 4 heteroatoms. The smallest absolute Gasteiger partial charge is 0.0912 e. The highest BCUT2D eigenvalue weighted by Crippen LogP contribution is 2.22.